The van der Waals surface area contributed by atoms with Gasteiger partial charge in [0.05, 0.1) is 31.0 Å². The summed E-state index contributed by atoms with van der Waals surface area (Å²) in [4.78, 5) is 17.1. The Hall–Kier alpha value is -1.19. The monoisotopic (exact) mass is 876 g/mol. The highest BCUT2D eigenvalue weighted by molar-refractivity contribution is 7.99. The molecule has 0 bridgehead atoms. The smallest absolute Gasteiger partial charge is 0.412 e. The van der Waals surface area contributed by atoms with Crippen molar-refractivity contribution in [1.29, 1.82) is 0 Å². The van der Waals surface area contributed by atoms with Crippen LogP contribution in [0, 0.1) is 29.6 Å². The average molecular weight is 876 g/mol. The molecule has 0 aliphatic carbocycles. The van der Waals surface area contributed by atoms with Crippen LogP contribution in [0.4, 0.5) is 4.79 Å². The summed E-state index contributed by atoms with van der Waals surface area (Å²) < 4.78 is 35.3. The number of rotatable bonds is 22. The fraction of sp³-hybridized carbons (Fsp3) is 0.812. The Labute approximate surface area is 366 Å². The van der Waals surface area contributed by atoms with Gasteiger partial charge in [-0.1, -0.05) is 120 Å². The standard InChI is InChI=1S/C48H85NO7SSi2/c1-14-26-52-47(51)49-33-35(9)27-39(13)48(49)32-43(56-59(18-5,19-6)20-7)45(54-48)42(55-58(15-2,16-3)17-4)29-34(8)28-40(50)31-37(11)44-36(10)30-38(12)46(53-44)57-41-24-22-21-23-25-41/h21-25,34-36,38-40,42-46,50H,11,14-20,26-33H2,1-10,12-13H3/t34-,35-,36+,38-,39+,40?,42-,43-,44+,45-,46+,48+/m1/s1. The van der Waals surface area contributed by atoms with Gasteiger partial charge in [0, 0.05) is 23.8 Å². The lowest BCUT2D eigenvalue weighted by Gasteiger charge is -2.50. The Balaban J connectivity index is 1.61. The van der Waals surface area contributed by atoms with Gasteiger partial charge in [-0.3, -0.25) is 4.90 Å². The normalized spacial score (nSPS) is 30.6. The molecule has 1 aromatic rings. The maximum Gasteiger partial charge on any atom is 0.412 e. The summed E-state index contributed by atoms with van der Waals surface area (Å²) in [5, 5.41) is 11.8. The third kappa shape index (κ3) is 12.5. The van der Waals surface area contributed by atoms with Gasteiger partial charge in [0.25, 0.3) is 0 Å². The Kier molecular flexibility index (Phi) is 19.6. The maximum atomic E-state index is 14.0. The number of amides is 1. The second kappa shape index (κ2) is 23.0. The minimum absolute atomic E-state index is 0.0452. The highest BCUT2D eigenvalue weighted by Crippen LogP contribution is 2.50. The van der Waals surface area contributed by atoms with E-state index in [0.29, 0.717) is 50.2 Å². The van der Waals surface area contributed by atoms with E-state index >= 15 is 0 Å². The van der Waals surface area contributed by atoms with Crippen LogP contribution in [0.2, 0.25) is 36.3 Å². The summed E-state index contributed by atoms with van der Waals surface area (Å²) in [6.45, 7) is 32.6. The average Bonchev–Trinajstić information content (AvgIpc) is 3.59. The summed E-state index contributed by atoms with van der Waals surface area (Å²) in [6, 6.07) is 16.7. The first kappa shape index (κ1) is 50.5. The molecule has 11 heteroatoms. The van der Waals surface area contributed by atoms with Crippen LogP contribution in [-0.2, 0) is 23.1 Å². The Bertz CT molecular complexity index is 1410. The van der Waals surface area contributed by atoms with E-state index in [9.17, 15) is 9.90 Å². The van der Waals surface area contributed by atoms with Gasteiger partial charge in [-0.05, 0) is 116 Å². The number of hydrogen-bond acceptors (Lipinski definition) is 8. The zero-order valence-electron chi connectivity index (χ0n) is 39.3. The second-order valence-electron chi connectivity index (χ2n) is 19.0. The number of carbonyl (C=O) groups excluding carboxylic acids is 1. The summed E-state index contributed by atoms with van der Waals surface area (Å²) in [7, 11) is -4.24. The minimum atomic E-state index is -2.14. The van der Waals surface area contributed by atoms with Crippen molar-refractivity contribution in [2.45, 2.75) is 211 Å². The van der Waals surface area contributed by atoms with Crippen molar-refractivity contribution >= 4 is 34.5 Å². The molecule has 0 saturated carbocycles. The third-order valence-corrected chi connectivity index (χ3v) is 25.3. The van der Waals surface area contributed by atoms with Crippen molar-refractivity contribution in [2.75, 3.05) is 13.2 Å². The zero-order chi connectivity index (χ0) is 43.5. The fourth-order valence-electron chi connectivity index (χ4n) is 10.6. The Morgan fingerprint density at radius 1 is 0.932 bits per heavy atom. The van der Waals surface area contributed by atoms with E-state index in [4.69, 9.17) is 23.1 Å². The lowest BCUT2D eigenvalue weighted by molar-refractivity contribution is -0.204. The van der Waals surface area contributed by atoms with E-state index in [2.05, 4.69) is 107 Å². The predicted molar refractivity (Wildman–Crippen MR) is 250 cm³/mol. The van der Waals surface area contributed by atoms with Crippen LogP contribution in [0.3, 0.4) is 0 Å². The molecular formula is C48H85NO7SSi2. The van der Waals surface area contributed by atoms with E-state index in [1.54, 1.807) is 11.8 Å². The molecule has 12 atom stereocenters. The van der Waals surface area contributed by atoms with Gasteiger partial charge in [-0.15, -0.1) is 0 Å². The van der Waals surface area contributed by atoms with Gasteiger partial charge in [0.2, 0.25) is 0 Å². The summed E-state index contributed by atoms with van der Waals surface area (Å²) in [5.74, 6) is 1.34. The molecule has 1 N–H and O–H groups in total. The summed E-state index contributed by atoms with van der Waals surface area (Å²) in [5.41, 5.74) is 0.197. The number of nitrogens with zero attached hydrogens (tertiary/aromatic N) is 1. The van der Waals surface area contributed by atoms with Gasteiger partial charge in [-0.2, -0.15) is 0 Å². The Morgan fingerprint density at radius 2 is 1.56 bits per heavy atom. The van der Waals surface area contributed by atoms with Gasteiger partial charge < -0.3 is 28.2 Å². The molecule has 1 unspecified atom stereocenters. The van der Waals surface area contributed by atoms with Crippen molar-refractivity contribution in [3.8, 4) is 0 Å². The van der Waals surface area contributed by atoms with Crippen LogP contribution in [0.1, 0.15) is 128 Å². The number of hydrogen-bond donors (Lipinski definition) is 1. The van der Waals surface area contributed by atoms with Crippen LogP contribution in [0.25, 0.3) is 0 Å². The molecule has 1 spiro atoms. The first-order valence-corrected chi connectivity index (χ1v) is 29.7. The fourth-order valence-corrected chi connectivity index (χ4v) is 17.5. The van der Waals surface area contributed by atoms with E-state index in [1.165, 1.54) is 4.90 Å². The zero-order valence-corrected chi connectivity index (χ0v) is 42.1. The molecule has 3 heterocycles. The predicted octanol–water partition coefficient (Wildman–Crippen LogP) is 12.7. The number of thioether (sulfide) groups is 1. The van der Waals surface area contributed by atoms with Crippen LogP contribution < -0.4 is 0 Å². The molecule has 4 rings (SSSR count). The minimum Gasteiger partial charge on any atom is -0.449 e. The molecule has 3 fully saturated rings. The molecule has 3 saturated heterocycles. The summed E-state index contributed by atoms with van der Waals surface area (Å²) in [6.07, 6.45) is 3.62. The molecule has 59 heavy (non-hydrogen) atoms. The number of ether oxygens (including phenoxy) is 3. The van der Waals surface area contributed by atoms with Crippen molar-refractivity contribution in [3.05, 3.63) is 42.5 Å². The largest absolute Gasteiger partial charge is 0.449 e. The molecule has 3 aliphatic rings. The van der Waals surface area contributed by atoms with Crippen LogP contribution >= 0.6 is 11.8 Å². The van der Waals surface area contributed by atoms with Gasteiger partial charge in [-0.25, -0.2) is 4.79 Å². The third-order valence-electron chi connectivity index (χ3n) is 14.6. The summed E-state index contributed by atoms with van der Waals surface area (Å²) >= 11 is 1.79. The first-order valence-electron chi connectivity index (χ1n) is 23.8. The highest BCUT2D eigenvalue weighted by atomic mass is 32.2. The van der Waals surface area contributed by atoms with Crippen molar-refractivity contribution < 1.29 is 33.0 Å². The molecular weight excluding hydrogens is 791 g/mol. The molecule has 1 amide bonds. The van der Waals surface area contributed by atoms with Gasteiger partial charge >= 0.3 is 6.09 Å². The van der Waals surface area contributed by atoms with Crippen LogP contribution in [0.15, 0.2) is 47.4 Å². The maximum absolute atomic E-state index is 14.0. The number of aliphatic hydroxyl groups is 1. The lowest BCUT2D eigenvalue weighted by atomic mass is 9.80. The van der Waals surface area contributed by atoms with Crippen molar-refractivity contribution in [1.82, 2.24) is 4.90 Å². The molecule has 0 radical (unpaired) electrons. The van der Waals surface area contributed by atoms with Crippen molar-refractivity contribution in [3.63, 3.8) is 0 Å². The lowest BCUT2D eigenvalue weighted by Crippen LogP contribution is -2.61. The molecule has 1 aromatic carbocycles. The molecule has 0 aromatic heterocycles. The second-order valence-corrected chi connectivity index (χ2v) is 29.7. The van der Waals surface area contributed by atoms with Gasteiger partial charge in [0.1, 0.15) is 11.5 Å². The molecule has 338 valence electrons. The molecule has 3 aliphatic heterocycles. The number of aliphatic hydroxyl groups excluding tert-OH is 1. The number of piperidine rings is 1. The SMILES string of the molecule is C=C(CC(O)C[C@@H](C)C[C@@H](O[Si](CC)(CC)CC)[C@H]1O[C@@]2(C[C@H]1O[Si](CC)(CC)CC)[C@@H](C)C[C@@H](C)CN2C(=O)OCCC)[C@H]1O[C@@H](Sc2ccccc2)[C@H](C)C[C@@H]1C. The van der Waals surface area contributed by atoms with E-state index in [1.807, 2.05) is 17.9 Å². The van der Waals surface area contributed by atoms with E-state index in [-0.39, 0.29) is 47.8 Å². The highest BCUT2D eigenvalue weighted by Gasteiger charge is 2.61. The van der Waals surface area contributed by atoms with Crippen LogP contribution in [-0.4, -0.2) is 87.6 Å². The topological polar surface area (TPSA) is 86.7 Å². The number of likely N-dealkylation sites (tertiary alicyclic amines) is 1. The Morgan fingerprint density at radius 3 is 2.15 bits per heavy atom. The quantitative estimate of drug-likeness (QED) is 0.0911. The van der Waals surface area contributed by atoms with Gasteiger partial charge in [0.15, 0.2) is 22.4 Å². The first-order chi connectivity index (χ1) is 28.1. The van der Waals surface area contributed by atoms with Crippen molar-refractivity contribution in [2.24, 2.45) is 29.6 Å². The van der Waals surface area contributed by atoms with E-state index < -0.39 is 28.5 Å². The molecule has 8 nitrogen and oxygen atoms in total. The number of carbonyl (C=O) groups is 1. The number of benzene rings is 1. The van der Waals surface area contributed by atoms with Crippen LogP contribution in [0.5, 0.6) is 0 Å². The van der Waals surface area contributed by atoms with E-state index in [0.717, 1.165) is 67.5 Å².